The monoisotopic (exact) mass is 294 g/mol. The first-order chi connectivity index (χ1) is 9.29. The summed E-state index contributed by atoms with van der Waals surface area (Å²) >= 11 is 0. The molecule has 0 bridgehead atoms. The van der Waals surface area contributed by atoms with Gasteiger partial charge in [0, 0.05) is 13.1 Å². The Balaban J connectivity index is 2.17. The number of likely N-dealkylation sites (tertiary alicyclic amines) is 1. The van der Waals surface area contributed by atoms with E-state index in [4.69, 9.17) is 0 Å². The summed E-state index contributed by atoms with van der Waals surface area (Å²) in [6.45, 7) is 8.08. The zero-order valence-electron chi connectivity index (χ0n) is 12.3. The molecule has 0 saturated carbocycles. The van der Waals surface area contributed by atoms with Crippen LogP contribution in [-0.4, -0.2) is 32.7 Å². The van der Waals surface area contributed by atoms with Crippen LogP contribution in [0.2, 0.25) is 0 Å². The Kier molecular flexibility index (Phi) is 4.18. The van der Waals surface area contributed by atoms with E-state index in [1.165, 1.54) is 6.34 Å². The molecule has 0 unspecified atom stereocenters. The van der Waals surface area contributed by atoms with Crippen LogP contribution in [-0.2, 0) is 15.4 Å². The molecule has 110 valence electrons. The minimum Gasteiger partial charge on any atom is -0.362 e. The molecule has 5 heteroatoms. The Morgan fingerprint density at radius 3 is 2.15 bits per heavy atom. The lowest BCUT2D eigenvalue weighted by atomic mass is 9.87. The third-order valence-electron chi connectivity index (χ3n) is 3.51. The van der Waals surface area contributed by atoms with E-state index in [1.54, 1.807) is 12.1 Å². The summed E-state index contributed by atoms with van der Waals surface area (Å²) in [7, 11) is -3.58. The van der Waals surface area contributed by atoms with Crippen molar-refractivity contribution in [3.8, 4) is 0 Å². The van der Waals surface area contributed by atoms with Crippen LogP contribution in [0.4, 0.5) is 0 Å². The van der Waals surface area contributed by atoms with Gasteiger partial charge in [-0.15, -0.1) is 4.40 Å². The molecule has 0 aliphatic carbocycles. The molecule has 2 rings (SSSR count). The number of hydrogen-bond acceptors (Lipinski definition) is 2. The van der Waals surface area contributed by atoms with E-state index < -0.39 is 10.0 Å². The lowest BCUT2D eigenvalue weighted by Crippen LogP contribution is -2.17. The number of sulfonamides is 1. The quantitative estimate of drug-likeness (QED) is 0.636. The molecule has 0 N–H and O–H groups in total. The van der Waals surface area contributed by atoms with E-state index in [0.29, 0.717) is 0 Å². The second-order valence-corrected chi connectivity index (χ2v) is 7.85. The highest BCUT2D eigenvalue weighted by Crippen LogP contribution is 2.24. The Morgan fingerprint density at radius 1 is 1.10 bits per heavy atom. The third kappa shape index (κ3) is 3.60. The maximum absolute atomic E-state index is 12.1. The van der Waals surface area contributed by atoms with Crippen LogP contribution >= 0.6 is 0 Å². The van der Waals surface area contributed by atoms with Gasteiger partial charge in [-0.1, -0.05) is 32.9 Å². The smallest absolute Gasteiger partial charge is 0.283 e. The van der Waals surface area contributed by atoms with Crippen molar-refractivity contribution >= 4 is 16.4 Å². The largest absolute Gasteiger partial charge is 0.362 e. The predicted molar refractivity (Wildman–Crippen MR) is 81.6 cm³/mol. The standard InChI is InChI=1S/C15H22N2O2S/c1-15(2,3)13-6-8-14(9-7-13)20(18,19)16-12-17-10-4-5-11-17/h6-9,12H,4-5,10-11H2,1-3H3. The zero-order chi connectivity index (χ0) is 14.8. The summed E-state index contributed by atoms with van der Waals surface area (Å²) in [5, 5.41) is 0. The van der Waals surface area contributed by atoms with Crippen molar-refractivity contribution in [2.45, 2.75) is 43.9 Å². The van der Waals surface area contributed by atoms with Crippen LogP contribution in [0.15, 0.2) is 33.6 Å². The molecule has 1 aliphatic heterocycles. The molecule has 1 fully saturated rings. The van der Waals surface area contributed by atoms with Gasteiger partial charge in [-0.25, -0.2) is 0 Å². The van der Waals surface area contributed by atoms with Crippen LogP contribution in [0, 0.1) is 0 Å². The number of rotatable bonds is 3. The van der Waals surface area contributed by atoms with Gasteiger partial charge in [-0.2, -0.15) is 8.42 Å². The summed E-state index contributed by atoms with van der Waals surface area (Å²) in [6, 6.07) is 6.99. The first-order valence-electron chi connectivity index (χ1n) is 6.94. The zero-order valence-corrected chi connectivity index (χ0v) is 13.2. The predicted octanol–water partition coefficient (Wildman–Crippen LogP) is 2.80. The minimum atomic E-state index is -3.58. The molecule has 0 radical (unpaired) electrons. The van der Waals surface area contributed by atoms with E-state index in [9.17, 15) is 8.42 Å². The molecule has 1 aromatic rings. The average Bonchev–Trinajstić information content (AvgIpc) is 2.89. The van der Waals surface area contributed by atoms with E-state index in [-0.39, 0.29) is 10.3 Å². The van der Waals surface area contributed by atoms with Crippen molar-refractivity contribution in [2.24, 2.45) is 4.40 Å². The van der Waals surface area contributed by atoms with Gasteiger partial charge >= 0.3 is 0 Å². The molecule has 1 aliphatic rings. The van der Waals surface area contributed by atoms with Crippen molar-refractivity contribution in [1.82, 2.24) is 4.90 Å². The summed E-state index contributed by atoms with van der Waals surface area (Å²) in [6.07, 6.45) is 3.67. The van der Waals surface area contributed by atoms with Crippen molar-refractivity contribution in [2.75, 3.05) is 13.1 Å². The molecule has 1 aromatic carbocycles. The fourth-order valence-electron chi connectivity index (χ4n) is 2.17. The van der Waals surface area contributed by atoms with Crippen LogP contribution in [0.1, 0.15) is 39.2 Å². The Morgan fingerprint density at radius 2 is 1.65 bits per heavy atom. The van der Waals surface area contributed by atoms with Gasteiger partial charge in [-0.3, -0.25) is 0 Å². The molecule has 0 atom stereocenters. The minimum absolute atomic E-state index is 0.0150. The van der Waals surface area contributed by atoms with Crippen molar-refractivity contribution in [1.29, 1.82) is 0 Å². The summed E-state index contributed by atoms with van der Waals surface area (Å²) < 4.78 is 28.0. The first-order valence-corrected chi connectivity index (χ1v) is 8.38. The Labute approximate surface area is 121 Å². The molecule has 20 heavy (non-hydrogen) atoms. The molecule has 1 heterocycles. The van der Waals surface area contributed by atoms with Gasteiger partial charge in [0.05, 0.1) is 4.90 Å². The van der Waals surface area contributed by atoms with Crippen LogP contribution in [0.5, 0.6) is 0 Å². The van der Waals surface area contributed by atoms with Crippen LogP contribution in [0.25, 0.3) is 0 Å². The third-order valence-corrected chi connectivity index (χ3v) is 4.75. The normalized spacial score (nSPS) is 17.1. The highest BCUT2D eigenvalue weighted by Gasteiger charge is 2.17. The van der Waals surface area contributed by atoms with Gasteiger partial charge in [0.1, 0.15) is 6.34 Å². The lowest BCUT2D eigenvalue weighted by molar-refractivity contribution is 0.535. The number of nitrogens with zero attached hydrogens (tertiary/aromatic N) is 2. The molecular weight excluding hydrogens is 272 g/mol. The summed E-state index contributed by atoms with van der Waals surface area (Å²) in [5.74, 6) is 0. The molecular formula is C15H22N2O2S. The van der Waals surface area contributed by atoms with Gasteiger partial charge < -0.3 is 4.90 Å². The van der Waals surface area contributed by atoms with Crippen LogP contribution in [0.3, 0.4) is 0 Å². The van der Waals surface area contributed by atoms with E-state index >= 15 is 0 Å². The lowest BCUT2D eigenvalue weighted by Gasteiger charge is -2.18. The van der Waals surface area contributed by atoms with Crippen molar-refractivity contribution in [3.63, 3.8) is 0 Å². The van der Waals surface area contributed by atoms with E-state index in [0.717, 1.165) is 31.5 Å². The Bertz CT molecular complexity index is 577. The van der Waals surface area contributed by atoms with Gasteiger partial charge in [-0.05, 0) is 36.0 Å². The topological polar surface area (TPSA) is 49.7 Å². The molecule has 0 amide bonds. The second-order valence-electron chi connectivity index (χ2n) is 6.21. The fraction of sp³-hybridized carbons (Fsp3) is 0.533. The second kappa shape index (κ2) is 5.56. The molecule has 0 spiro atoms. The highest BCUT2D eigenvalue weighted by atomic mass is 32.2. The van der Waals surface area contributed by atoms with Gasteiger partial charge in [0.15, 0.2) is 0 Å². The number of benzene rings is 1. The highest BCUT2D eigenvalue weighted by molar-refractivity contribution is 7.90. The maximum Gasteiger partial charge on any atom is 0.283 e. The summed E-state index contributed by atoms with van der Waals surface area (Å²) in [5.41, 5.74) is 1.13. The van der Waals surface area contributed by atoms with Crippen LogP contribution < -0.4 is 0 Å². The first kappa shape index (κ1) is 15.0. The molecule has 4 nitrogen and oxygen atoms in total. The Hall–Kier alpha value is -1.36. The van der Waals surface area contributed by atoms with Gasteiger partial charge in [0.25, 0.3) is 10.0 Å². The van der Waals surface area contributed by atoms with Gasteiger partial charge in [0.2, 0.25) is 0 Å². The molecule has 0 aromatic heterocycles. The van der Waals surface area contributed by atoms with Crippen molar-refractivity contribution in [3.05, 3.63) is 29.8 Å². The van der Waals surface area contributed by atoms with Crippen molar-refractivity contribution < 1.29 is 8.42 Å². The maximum atomic E-state index is 12.1. The van der Waals surface area contributed by atoms with E-state index in [2.05, 4.69) is 25.2 Å². The summed E-state index contributed by atoms with van der Waals surface area (Å²) in [4.78, 5) is 2.20. The average molecular weight is 294 g/mol. The van der Waals surface area contributed by atoms with E-state index in [1.807, 2.05) is 17.0 Å². The number of hydrogen-bond donors (Lipinski definition) is 0. The SMILES string of the molecule is CC(C)(C)c1ccc(S(=O)(=O)N=CN2CCCC2)cc1. The fourth-order valence-corrected chi connectivity index (χ4v) is 3.03. The molecule has 1 saturated heterocycles.